The normalized spacial score (nSPS) is 10.4. The summed E-state index contributed by atoms with van der Waals surface area (Å²) >= 11 is 3.29. The van der Waals surface area contributed by atoms with E-state index in [2.05, 4.69) is 21.0 Å². The fourth-order valence-corrected chi connectivity index (χ4v) is 1.89. The second-order valence-electron chi connectivity index (χ2n) is 3.80. The zero-order valence-corrected chi connectivity index (χ0v) is 11.4. The van der Waals surface area contributed by atoms with Gasteiger partial charge in [-0.25, -0.2) is 9.48 Å². The van der Waals surface area contributed by atoms with E-state index >= 15 is 0 Å². The van der Waals surface area contributed by atoms with Gasteiger partial charge in [-0.05, 0) is 25.1 Å². The molecule has 0 bridgehead atoms. The van der Waals surface area contributed by atoms with Crippen molar-refractivity contribution < 1.29 is 14.6 Å². The minimum atomic E-state index is -1.03. The predicted molar refractivity (Wildman–Crippen MR) is 69.1 cm³/mol. The van der Waals surface area contributed by atoms with Gasteiger partial charge in [0.2, 0.25) is 5.88 Å². The fraction of sp³-hybridized carbons (Fsp3) is 0.167. The fourth-order valence-electron chi connectivity index (χ4n) is 1.55. The second-order valence-corrected chi connectivity index (χ2v) is 4.71. The largest absolute Gasteiger partial charge is 0.478 e. The van der Waals surface area contributed by atoms with Crippen LogP contribution in [0.1, 0.15) is 16.1 Å². The summed E-state index contributed by atoms with van der Waals surface area (Å²) in [5.41, 5.74) is 0.913. The van der Waals surface area contributed by atoms with Crippen molar-refractivity contribution in [3.8, 4) is 11.6 Å². The van der Waals surface area contributed by atoms with Gasteiger partial charge in [0.15, 0.2) is 0 Å². The minimum absolute atomic E-state index is 0.108. The van der Waals surface area contributed by atoms with Gasteiger partial charge < -0.3 is 9.84 Å². The molecule has 2 rings (SSSR count). The molecule has 1 N–H and O–H groups in total. The van der Waals surface area contributed by atoms with Gasteiger partial charge >= 0.3 is 5.97 Å². The molecule has 0 spiro atoms. The van der Waals surface area contributed by atoms with E-state index in [9.17, 15) is 4.79 Å². The van der Waals surface area contributed by atoms with Gasteiger partial charge in [-0.2, -0.15) is 5.10 Å². The molecule has 0 saturated heterocycles. The highest BCUT2D eigenvalue weighted by Crippen LogP contribution is 2.28. The summed E-state index contributed by atoms with van der Waals surface area (Å²) < 4.78 is 7.90. The highest BCUT2D eigenvalue weighted by molar-refractivity contribution is 9.10. The lowest BCUT2D eigenvalue weighted by Crippen LogP contribution is -2.02. The van der Waals surface area contributed by atoms with E-state index in [0.717, 1.165) is 10.2 Å². The van der Waals surface area contributed by atoms with E-state index in [1.165, 1.54) is 6.07 Å². The first kappa shape index (κ1) is 12.6. The van der Waals surface area contributed by atoms with Crippen LogP contribution in [0.15, 0.2) is 28.7 Å². The minimum Gasteiger partial charge on any atom is -0.478 e. The smallest absolute Gasteiger partial charge is 0.339 e. The number of hydrogen-bond donors (Lipinski definition) is 1. The first-order valence-corrected chi connectivity index (χ1v) is 5.98. The maximum absolute atomic E-state index is 11.1. The van der Waals surface area contributed by atoms with Gasteiger partial charge in [-0.1, -0.05) is 15.9 Å². The number of hydrogen-bond acceptors (Lipinski definition) is 3. The number of aromatic nitrogens is 2. The zero-order valence-electron chi connectivity index (χ0n) is 9.85. The van der Waals surface area contributed by atoms with Crippen molar-refractivity contribution in [1.82, 2.24) is 9.78 Å². The number of aromatic carboxylic acids is 1. The molecule has 1 aromatic heterocycles. The number of halogens is 1. The maximum Gasteiger partial charge on any atom is 0.339 e. The summed E-state index contributed by atoms with van der Waals surface area (Å²) in [4.78, 5) is 11.1. The Balaban J connectivity index is 2.42. The molecule has 18 heavy (non-hydrogen) atoms. The van der Waals surface area contributed by atoms with Gasteiger partial charge in [0.1, 0.15) is 11.3 Å². The number of rotatable bonds is 3. The van der Waals surface area contributed by atoms with E-state index in [1.807, 2.05) is 6.92 Å². The van der Waals surface area contributed by atoms with Crippen LogP contribution < -0.4 is 4.74 Å². The summed E-state index contributed by atoms with van der Waals surface area (Å²) in [6, 6.07) is 6.51. The SMILES string of the molecule is Cc1cc(Oc2cc(Br)ccc2C(=O)O)n(C)n1. The summed E-state index contributed by atoms with van der Waals surface area (Å²) in [6.07, 6.45) is 0. The standard InChI is InChI=1S/C12H11BrN2O3/c1-7-5-11(15(2)14-7)18-10-6-8(13)3-4-9(10)12(16)17/h3-6H,1-2H3,(H,16,17). The van der Waals surface area contributed by atoms with Crippen LogP contribution >= 0.6 is 15.9 Å². The molecule has 0 saturated carbocycles. The predicted octanol–water partition coefficient (Wildman–Crippen LogP) is 2.98. The Morgan fingerprint density at radius 1 is 1.44 bits per heavy atom. The molecule has 0 radical (unpaired) electrons. The first-order valence-electron chi connectivity index (χ1n) is 5.18. The van der Waals surface area contributed by atoms with Crippen molar-refractivity contribution in [2.45, 2.75) is 6.92 Å². The molecule has 6 heteroatoms. The number of benzene rings is 1. The molecule has 0 aliphatic carbocycles. The summed E-state index contributed by atoms with van der Waals surface area (Å²) in [5.74, 6) is -0.260. The van der Waals surface area contributed by atoms with Crippen LogP contribution in [0.3, 0.4) is 0 Å². The second kappa shape index (κ2) is 4.81. The van der Waals surface area contributed by atoms with Crippen LogP contribution in [0, 0.1) is 6.92 Å². The monoisotopic (exact) mass is 310 g/mol. The Labute approximate surface area is 112 Å². The van der Waals surface area contributed by atoms with E-state index < -0.39 is 5.97 Å². The van der Waals surface area contributed by atoms with Crippen LogP contribution in [0.2, 0.25) is 0 Å². The lowest BCUT2D eigenvalue weighted by Gasteiger charge is -2.08. The van der Waals surface area contributed by atoms with E-state index in [4.69, 9.17) is 9.84 Å². The summed E-state index contributed by atoms with van der Waals surface area (Å²) in [5, 5.41) is 13.2. The molecular formula is C12H11BrN2O3. The number of aryl methyl sites for hydroxylation is 2. The molecule has 1 aromatic carbocycles. The molecule has 0 aliphatic heterocycles. The van der Waals surface area contributed by atoms with Crippen LogP contribution in [0.4, 0.5) is 0 Å². The Hall–Kier alpha value is -1.82. The highest BCUT2D eigenvalue weighted by Gasteiger charge is 2.14. The lowest BCUT2D eigenvalue weighted by atomic mass is 10.2. The summed E-state index contributed by atoms with van der Waals surface area (Å²) in [6.45, 7) is 1.84. The van der Waals surface area contributed by atoms with Crippen LogP contribution in [0.25, 0.3) is 0 Å². The van der Waals surface area contributed by atoms with Crippen molar-refractivity contribution in [3.05, 3.63) is 40.0 Å². The topological polar surface area (TPSA) is 64.3 Å². The average Bonchev–Trinajstić information content (AvgIpc) is 2.57. The van der Waals surface area contributed by atoms with Crippen molar-refractivity contribution >= 4 is 21.9 Å². The Kier molecular flexibility index (Phi) is 3.38. The summed E-state index contributed by atoms with van der Waals surface area (Å²) in [7, 11) is 1.74. The van der Waals surface area contributed by atoms with Crippen LogP contribution in [-0.4, -0.2) is 20.9 Å². The van der Waals surface area contributed by atoms with Gasteiger partial charge in [-0.15, -0.1) is 0 Å². The molecule has 2 aromatic rings. The number of carbonyl (C=O) groups is 1. The molecule has 0 atom stereocenters. The van der Waals surface area contributed by atoms with Crippen molar-refractivity contribution in [1.29, 1.82) is 0 Å². The molecule has 5 nitrogen and oxygen atoms in total. The van der Waals surface area contributed by atoms with E-state index in [1.54, 1.807) is 29.9 Å². The van der Waals surface area contributed by atoms with Crippen LogP contribution in [0.5, 0.6) is 11.6 Å². The number of carboxylic acids is 1. The molecule has 0 aliphatic rings. The third-order valence-corrected chi connectivity index (χ3v) is 2.84. The Morgan fingerprint density at radius 2 is 2.17 bits per heavy atom. The lowest BCUT2D eigenvalue weighted by molar-refractivity contribution is 0.0694. The average molecular weight is 311 g/mol. The number of nitrogens with zero attached hydrogens (tertiary/aromatic N) is 2. The molecule has 0 amide bonds. The number of carboxylic acid groups (broad SMARTS) is 1. The Morgan fingerprint density at radius 3 is 2.72 bits per heavy atom. The molecule has 1 heterocycles. The highest BCUT2D eigenvalue weighted by atomic mass is 79.9. The number of ether oxygens (including phenoxy) is 1. The van der Waals surface area contributed by atoms with E-state index in [-0.39, 0.29) is 11.3 Å². The first-order chi connectivity index (χ1) is 8.47. The third kappa shape index (κ3) is 2.53. The van der Waals surface area contributed by atoms with Gasteiger partial charge in [0, 0.05) is 17.6 Å². The van der Waals surface area contributed by atoms with Gasteiger partial charge in [0.25, 0.3) is 0 Å². The quantitative estimate of drug-likeness (QED) is 0.946. The molecular weight excluding hydrogens is 300 g/mol. The van der Waals surface area contributed by atoms with Crippen molar-refractivity contribution in [2.75, 3.05) is 0 Å². The van der Waals surface area contributed by atoms with Crippen molar-refractivity contribution in [2.24, 2.45) is 7.05 Å². The Bertz CT molecular complexity index is 607. The van der Waals surface area contributed by atoms with E-state index in [0.29, 0.717) is 5.88 Å². The van der Waals surface area contributed by atoms with Crippen molar-refractivity contribution in [3.63, 3.8) is 0 Å². The van der Waals surface area contributed by atoms with Crippen LogP contribution in [-0.2, 0) is 7.05 Å². The molecule has 0 unspecified atom stereocenters. The zero-order chi connectivity index (χ0) is 13.3. The van der Waals surface area contributed by atoms with Gasteiger partial charge in [0.05, 0.1) is 5.69 Å². The maximum atomic E-state index is 11.1. The molecule has 94 valence electrons. The molecule has 0 fully saturated rings. The third-order valence-electron chi connectivity index (χ3n) is 2.35. The van der Waals surface area contributed by atoms with Gasteiger partial charge in [-0.3, -0.25) is 0 Å².